The highest BCUT2D eigenvalue weighted by molar-refractivity contribution is 5.51. The molecular weight excluding hydrogens is 357 g/mol. The molecular formula is C17H16F5N3O. The number of benzene rings is 1. The van der Waals surface area contributed by atoms with Crippen LogP contribution in [-0.2, 0) is 17.8 Å². The van der Waals surface area contributed by atoms with Crippen molar-refractivity contribution in [3.8, 4) is 0 Å². The van der Waals surface area contributed by atoms with Crippen molar-refractivity contribution in [3.05, 3.63) is 47.0 Å². The van der Waals surface area contributed by atoms with E-state index in [2.05, 4.69) is 10.2 Å². The number of carbonyl (C=O) groups is 1. The van der Waals surface area contributed by atoms with Gasteiger partial charge in [-0.25, -0.2) is 8.78 Å². The highest BCUT2D eigenvalue weighted by atomic mass is 19.4. The maximum Gasteiger partial charge on any atom is 0.396 e. The SMILES string of the molecule is O=CC[C@H]1CC[C@H](c2cccc(F)c2F)Cn2c(CC(F)(F)F)nnc21. The minimum atomic E-state index is -4.48. The van der Waals surface area contributed by atoms with Gasteiger partial charge >= 0.3 is 6.18 Å². The van der Waals surface area contributed by atoms with Crippen LogP contribution in [0.15, 0.2) is 18.2 Å². The number of fused-ring (bicyclic) bond motifs is 1. The molecule has 0 spiro atoms. The Morgan fingerprint density at radius 1 is 1.19 bits per heavy atom. The van der Waals surface area contributed by atoms with Gasteiger partial charge in [-0.3, -0.25) is 0 Å². The van der Waals surface area contributed by atoms with Crippen LogP contribution in [0.2, 0.25) is 0 Å². The molecule has 0 aliphatic carbocycles. The van der Waals surface area contributed by atoms with Crippen LogP contribution in [0.5, 0.6) is 0 Å². The Balaban J connectivity index is 2.01. The van der Waals surface area contributed by atoms with Crippen molar-refractivity contribution in [2.75, 3.05) is 0 Å². The number of aldehydes is 1. The molecule has 0 unspecified atom stereocenters. The molecule has 0 N–H and O–H groups in total. The number of hydrogen-bond acceptors (Lipinski definition) is 3. The standard InChI is InChI=1S/C17H16F5N3O/c18-13-3-1-2-12(15(13)19)11-5-4-10(6-7-26)16-24-23-14(25(16)9-11)8-17(20,21)22/h1-3,7,10-11H,4-6,8-9H2/t10-,11+/m1/s1. The monoisotopic (exact) mass is 373 g/mol. The topological polar surface area (TPSA) is 47.8 Å². The lowest BCUT2D eigenvalue weighted by Crippen LogP contribution is -2.19. The first-order chi connectivity index (χ1) is 12.3. The zero-order chi connectivity index (χ0) is 18.9. The van der Waals surface area contributed by atoms with Crippen LogP contribution in [0.25, 0.3) is 0 Å². The molecule has 1 aromatic heterocycles. The quantitative estimate of drug-likeness (QED) is 0.603. The van der Waals surface area contributed by atoms with Gasteiger partial charge in [-0.2, -0.15) is 13.2 Å². The summed E-state index contributed by atoms with van der Waals surface area (Å²) in [7, 11) is 0. The molecule has 0 bridgehead atoms. The Morgan fingerprint density at radius 2 is 1.96 bits per heavy atom. The van der Waals surface area contributed by atoms with Crippen molar-refractivity contribution in [1.82, 2.24) is 14.8 Å². The van der Waals surface area contributed by atoms with Gasteiger partial charge in [-0.05, 0) is 24.5 Å². The third-order valence-corrected chi connectivity index (χ3v) is 4.65. The number of halogens is 5. The highest BCUT2D eigenvalue weighted by Gasteiger charge is 2.35. The van der Waals surface area contributed by atoms with Crippen LogP contribution < -0.4 is 0 Å². The molecule has 26 heavy (non-hydrogen) atoms. The van der Waals surface area contributed by atoms with E-state index >= 15 is 0 Å². The minimum Gasteiger partial charge on any atom is -0.314 e. The van der Waals surface area contributed by atoms with Crippen LogP contribution in [0.4, 0.5) is 22.0 Å². The summed E-state index contributed by atoms with van der Waals surface area (Å²) in [6, 6.07) is 3.78. The molecule has 0 saturated heterocycles. The summed E-state index contributed by atoms with van der Waals surface area (Å²) in [4.78, 5) is 10.9. The predicted molar refractivity (Wildman–Crippen MR) is 81.5 cm³/mol. The first-order valence-corrected chi connectivity index (χ1v) is 8.16. The third-order valence-electron chi connectivity index (χ3n) is 4.65. The summed E-state index contributed by atoms with van der Waals surface area (Å²) in [5.74, 6) is -2.94. The Bertz CT molecular complexity index is 802. The van der Waals surface area contributed by atoms with Crippen LogP contribution in [0, 0.1) is 11.6 Å². The smallest absolute Gasteiger partial charge is 0.314 e. The van der Waals surface area contributed by atoms with E-state index in [-0.39, 0.29) is 30.2 Å². The molecule has 0 amide bonds. The van der Waals surface area contributed by atoms with Gasteiger partial charge in [-0.1, -0.05) is 12.1 Å². The van der Waals surface area contributed by atoms with Crippen molar-refractivity contribution in [1.29, 1.82) is 0 Å². The Hall–Kier alpha value is -2.32. The summed E-state index contributed by atoms with van der Waals surface area (Å²) >= 11 is 0. The average molecular weight is 373 g/mol. The first kappa shape index (κ1) is 18.5. The fraction of sp³-hybridized carbons (Fsp3) is 0.471. The molecule has 1 aliphatic heterocycles. The second-order valence-corrected chi connectivity index (χ2v) is 6.39. The molecule has 0 saturated carbocycles. The Morgan fingerprint density at radius 3 is 2.65 bits per heavy atom. The zero-order valence-electron chi connectivity index (χ0n) is 13.6. The van der Waals surface area contributed by atoms with Gasteiger partial charge in [0.1, 0.15) is 24.4 Å². The molecule has 0 radical (unpaired) electrons. The Kier molecular flexibility index (Phi) is 5.06. The number of nitrogens with zero attached hydrogens (tertiary/aromatic N) is 3. The van der Waals surface area contributed by atoms with Crippen LogP contribution in [0.1, 0.15) is 48.3 Å². The molecule has 2 heterocycles. The van der Waals surface area contributed by atoms with Gasteiger partial charge in [0.05, 0.1) is 0 Å². The number of rotatable bonds is 4. The van der Waals surface area contributed by atoms with E-state index in [4.69, 9.17) is 0 Å². The summed E-state index contributed by atoms with van der Waals surface area (Å²) < 4.78 is 67.5. The lowest BCUT2D eigenvalue weighted by atomic mass is 9.90. The fourth-order valence-corrected chi connectivity index (χ4v) is 3.43. The van der Waals surface area contributed by atoms with E-state index in [0.29, 0.717) is 19.1 Å². The van der Waals surface area contributed by atoms with E-state index in [1.54, 1.807) is 0 Å². The molecule has 3 rings (SSSR count). The number of aromatic nitrogens is 3. The predicted octanol–water partition coefficient (Wildman–Crippen LogP) is 3.91. The highest BCUT2D eigenvalue weighted by Crippen LogP contribution is 2.37. The average Bonchev–Trinajstić information content (AvgIpc) is 2.83. The van der Waals surface area contributed by atoms with Gasteiger partial charge in [-0.15, -0.1) is 10.2 Å². The maximum absolute atomic E-state index is 14.2. The van der Waals surface area contributed by atoms with Crippen LogP contribution >= 0.6 is 0 Å². The summed E-state index contributed by atoms with van der Waals surface area (Å²) in [6.45, 7) is 0.00345. The second-order valence-electron chi connectivity index (χ2n) is 6.39. The van der Waals surface area contributed by atoms with Gasteiger partial charge < -0.3 is 9.36 Å². The molecule has 1 aliphatic rings. The fourth-order valence-electron chi connectivity index (χ4n) is 3.43. The van der Waals surface area contributed by atoms with Gasteiger partial charge in [0, 0.05) is 24.8 Å². The Labute approximate surface area is 146 Å². The number of alkyl halides is 3. The van der Waals surface area contributed by atoms with Gasteiger partial charge in [0.25, 0.3) is 0 Å². The van der Waals surface area contributed by atoms with Crippen molar-refractivity contribution < 1.29 is 26.7 Å². The molecule has 9 heteroatoms. The molecule has 2 aromatic rings. The van der Waals surface area contributed by atoms with Crippen molar-refractivity contribution >= 4 is 6.29 Å². The summed E-state index contributed by atoms with van der Waals surface area (Å²) in [5.41, 5.74) is 0.106. The van der Waals surface area contributed by atoms with Crippen LogP contribution in [-0.4, -0.2) is 27.2 Å². The first-order valence-electron chi connectivity index (χ1n) is 8.16. The third kappa shape index (κ3) is 3.76. The lowest BCUT2D eigenvalue weighted by Gasteiger charge is -2.18. The van der Waals surface area contributed by atoms with E-state index < -0.39 is 36.1 Å². The van der Waals surface area contributed by atoms with E-state index in [9.17, 15) is 26.7 Å². The van der Waals surface area contributed by atoms with Gasteiger partial charge in [0.2, 0.25) is 0 Å². The zero-order valence-corrected chi connectivity index (χ0v) is 13.6. The molecule has 1 aromatic carbocycles. The van der Waals surface area contributed by atoms with E-state index in [1.807, 2.05) is 0 Å². The van der Waals surface area contributed by atoms with Crippen molar-refractivity contribution in [3.63, 3.8) is 0 Å². The minimum absolute atomic E-state index is 0.00345. The summed E-state index contributed by atoms with van der Waals surface area (Å²) in [6.07, 6.45) is -4.17. The molecule has 2 atom stereocenters. The number of carbonyl (C=O) groups excluding carboxylic acids is 1. The van der Waals surface area contributed by atoms with Gasteiger partial charge in [0.15, 0.2) is 11.6 Å². The largest absolute Gasteiger partial charge is 0.396 e. The van der Waals surface area contributed by atoms with E-state index in [1.165, 1.54) is 16.7 Å². The van der Waals surface area contributed by atoms with Crippen molar-refractivity contribution in [2.24, 2.45) is 0 Å². The molecule has 140 valence electrons. The lowest BCUT2D eigenvalue weighted by molar-refractivity contribution is -0.129. The van der Waals surface area contributed by atoms with E-state index in [0.717, 1.165) is 6.07 Å². The van der Waals surface area contributed by atoms with Crippen LogP contribution in [0.3, 0.4) is 0 Å². The summed E-state index contributed by atoms with van der Waals surface area (Å²) in [5, 5.41) is 7.49. The normalized spacial score (nSPS) is 20.5. The number of hydrogen-bond donors (Lipinski definition) is 0. The maximum atomic E-state index is 14.2. The molecule has 4 nitrogen and oxygen atoms in total. The van der Waals surface area contributed by atoms with Crippen molar-refractivity contribution in [2.45, 2.75) is 50.2 Å². The molecule has 0 fully saturated rings. The second kappa shape index (κ2) is 7.13.